The molecule has 8 heteroatoms. The van der Waals surface area contributed by atoms with Crippen LogP contribution in [0.1, 0.15) is 24.8 Å². The Morgan fingerprint density at radius 2 is 1.64 bits per heavy atom. The third-order valence-corrected chi connectivity index (χ3v) is 7.44. The summed E-state index contributed by atoms with van der Waals surface area (Å²) in [6.07, 6.45) is 2.79. The van der Waals surface area contributed by atoms with Crippen LogP contribution in [0.25, 0.3) is 10.9 Å². The first-order valence-electron chi connectivity index (χ1n) is 9.28. The molecule has 0 bridgehead atoms. The third-order valence-electron chi connectivity index (χ3n) is 5.12. The largest absolute Gasteiger partial charge is 0.332 e. The maximum absolute atomic E-state index is 13.2. The molecule has 6 nitrogen and oxygen atoms in total. The van der Waals surface area contributed by atoms with E-state index in [4.69, 9.17) is 12.2 Å². The molecule has 3 aromatic rings. The number of H-pyrrole nitrogens is 1. The molecular weight excluding hydrogens is 394 g/mol. The molecule has 0 spiro atoms. The summed E-state index contributed by atoms with van der Waals surface area (Å²) in [5.41, 5.74) is 0.998. The number of fused-ring (bicyclic) bond motifs is 1. The molecule has 1 N–H and O–H groups in total. The molecule has 0 atom stereocenters. The zero-order valence-electron chi connectivity index (χ0n) is 15.3. The first-order chi connectivity index (χ1) is 13.5. The standard InChI is InChI=1S/C20H21N3O3S2/c24-19-16-9-3-4-10-17(16)21-20(27)23(19)14-15-8-2-5-11-18(15)28(25,26)22-12-6-1-7-13-22/h2-5,8-11H,1,6-7,12-14H2,(H,21,27). The van der Waals surface area contributed by atoms with Crippen molar-refractivity contribution in [2.24, 2.45) is 0 Å². The van der Waals surface area contributed by atoms with Crippen LogP contribution in [-0.2, 0) is 16.6 Å². The lowest BCUT2D eigenvalue weighted by molar-refractivity contribution is 0.346. The molecule has 1 fully saturated rings. The summed E-state index contributed by atoms with van der Waals surface area (Å²) >= 11 is 5.38. The number of nitrogens with one attached hydrogen (secondary N) is 1. The van der Waals surface area contributed by atoms with Gasteiger partial charge in [0.1, 0.15) is 0 Å². The lowest BCUT2D eigenvalue weighted by Crippen LogP contribution is -2.36. The molecular formula is C20H21N3O3S2. The van der Waals surface area contributed by atoms with Crippen molar-refractivity contribution in [3.63, 3.8) is 0 Å². The van der Waals surface area contributed by atoms with Crippen molar-refractivity contribution in [2.75, 3.05) is 13.1 Å². The molecule has 1 aliphatic heterocycles. The second kappa shape index (κ2) is 7.62. The topological polar surface area (TPSA) is 75.2 Å². The van der Waals surface area contributed by atoms with Gasteiger partial charge in [0, 0.05) is 13.1 Å². The fourth-order valence-corrected chi connectivity index (χ4v) is 5.63. The number of hydrogen-bond donors (Lipinski definition) is 1. The summed E-state index contributed by atoms with van der Waals surface area (Å²) in [6.45, 7) is 1.17. The number of rotatable bonds is 4. The van der Waals surface area contributed by atoms with E-state index in [9.17, 15) is 13.2 Å². The van der Waals surface area contributed by atoms with Gasteiger partial charge < -0.3 is 4.98 Å². The number of para-hydroxylation sites is 1. The van der Waals surface area contributed by atoms with Crippen molar-refractivity contribution in [3.05, 3.63) is 69.2 Å². The minimum absolute atomic E-state index is 0.0994. The Bertz CT molecular complexity index is 1240. The van der Waals surface area contributed by atoms with Crippen LogP contribution in [0, 0.1) is 4.77 Å². The molecule has 1 saturated heterocycles. The fourth-order valence-electron chi connectivity index (χ4n) is 3.64. The average Bonchev–Trinajstić information content (AvgIpc) is 2.72. The predicted molar refractivity (Wildman–Crippen MR) is 112 cm³/mol. The van der Waals surface area contributed by atoms with Crippen LogP contribution in [0.4, 0.5) is 0 Å². The van der Waals surface area contributed by atoms with Crippen molar-refractivity contribution in [1.82, 2.24) is 13.9 Å². The van der Waals surface area contributed by atoms with E-state index < -0.39 is 10.0 Å². The summed E-state index contributed by atoms with van der Waals surface area (Å²) < 4.78 is 29.6. The second-order valence-electron chi connectivity index (χ2n) is 6.94. The SMILES string of the molecule is O=c1c2ccccc2[nH]c(=S)n1Cc1ccccc1S(=O)(=O)N1CCCCC1. The predicted octanol–water partition coefficient (Wildman–Crippen LogP) is 3.28. The molecule has 146 valence electrons. The Hall–Kier alpha value is -2.29. The van der Waals surface area contributed by atoms with Gasteiger partial charge in [-0.05, 0) is 48.8 Å². The van der Waals surface area contributed by atoms with Gasteiger partial charge in [0.2, 0.25) is 10.0 Å². The van der Waals surface area contributed by atoms with Gasteiger partial charge >= 0.3 is 0 Å². The maximum atomic E-state index is 13.2. The Kier molecular flexibility index (Phi) is 5.18. The van der Waals surface area contributed by atoms with Gasteiger partial charge in [-0.25, -0.2) is 8.42 Å². The van der Waals surface area contributed by atoms with Crippen LogP contribution in [0.2, 0.25) is 0 Å². The Labute approximate surface area is 168 Å². The molecule has 28 heavy (non-hydrogen) atoms. The number of benzene rings is 2. The first-order valence-corrected chi connectivity index (χ1v) is 11.1. The molecule has 0 unspecified atom stereocenters. The molecule has 4 rings (SSSR count). The highest BCUT2D eigenvalue weighted by molar-refractivity contribution is 7.89. The summed E-state index contributed by atoms with van der Waals surface area (Å²) in [5.74, 6) is 0. The second-order valence-corrected chi connectivity index (χ2v) is 9.23. The van der Waals surface area contributed by atoms with Gasteiger partial charge in [-0.2, -0.15) is 4.31 Å². The normalized spacial score (nSPS) is 15.7. The van der Waals surface area contributed by atoms with Crippen molar-refractivity contribution in [1.29, 1.82) is 0 Å². The van der Waals surface area contributed by atoms with E-state index in [-0.39, 0.29) is 21.8 Å². The first kappa shape index (κ1) is 19.0. The van der Waals surface area contributed by atoms with E-state index in [0.717, 1.165) is 19.3 Å². The number of aromatic nitrogens is 2. The van der Waals surface area contributed by atoms with Crippen LogP contribution < -0.4 is 5.56 Å². The van der Waals surface area contributed by atoms with E-state index in [1.165, 1.54) is 4.57 Å². The van der Waals surface area contributed by atoms with Crippen LogP contribution in [0.3, 0.4) is 0 Å². The Morgan fingerprint density at radius 1 is 0.964 bits per heavy atom. The number of piperidine rings is 1. The lowest BCUT2D eigenvalue weighted by Gasteiger charge is -2.27. The summed E-state index contributed by atoms with van der Waals surface area (Å²) in [4.78, 5) is 16.2. The quantitative estimate of drug-likeness (QED) is 0.664. The molecule has 1 aromatic heterocycles. The minimum Gasteiger partial charge on any atom is -0.332 e. The van der Waals surface area contributed by atoms with Crippen molar-refractivity contribution in [3.8, 4) is 0 Å². The third kappa shape index (κ3) is 3.43. The number of sulfonamides is 1. The van der Waals surface area contributed by atoms with Crippen LogP contribution in [-0.4, -0.2) is 35.4 Å². The van der Waals surface area contributed by atoms with E-state index in [2.05, 4.69) is 4.98 Å². The summed E-state index contributed by atoms with van der Waals surface area (Å²) in [7, 11) is -3.61. The molecule has 1 aliphatic rings. The van der Waals surface area contributed by atoms with E-state index >= 15 is 0 Å². The van der Waals surface area contributed by atoms with E-state index in [0.29, 0.717) is 29.6 Å². The monoisotopic (exact) mass is 415 g/mol. The molecule has 0 saturated carbocycles. The zero-order valence-corrected chi connectivity index (χ0v) is 16.9. The van der Waals surface area contributed by atoms with Crippen molar-refractivity contribution >= 4 is 33.1 Å². The molecule has 0 amide bonds. The van der Waals surface area contributed by atoms with Gasteiger partial charge in [-0.15, -0.1) is 0 Å². The zero-order chi connectivity index (χ0) is 19.7. The van der Waals surface area contributed by atoms with E-state index in [1.54, 1.807) is 46.8 Å². The number of hydrogen-bond acceptors (Lipinski definition) is 4. The maximum Gasteiger partial charge on any atom is 0.262 e. The Morgan fingerprint density at radius 3 is 2.43 bits per heavy atom. The fraction of sp³-hybridized carbons (Fsp3) is 0.300. The highest BCUT2D eigenvalue weighted by atomic mass is 32.2. The number of nitrogens with zero attached hydrogens (tertiary/aromatic N) is 2. The average molecular weight is 416 g/mol. The van der Waals surface area contributed by atoms with Gasteiger partial charge in [0.25, 0.3) is 5.56 Å². The molecule has 0 aliphatic carbocycles. The molecule has 2 heterocycles. The highest BCUT2D eigenvalue weighted by Gasteiger charge is 2.28. The van der Waals surface area contributed by atoms with Gasteiger partial charge in [-0.1, -0.05) is 36.8 Å². The van der Waals surface area contributed by atoms with Gasteiger partial charge in [0.15, 0.2) is 4.77 Å². The summed E-state index contributed by atoms with van der Waals surface area (Å²) in [5, 5.41) is 0.521. The van der Waals surface area contributed by atoms with Crippen LogP contribution in [0.15, 0.2) is 58.2 Å². The highest BCUT2D eigenvalue weighted by Crippen LogP contribution is 2.24. The van der Waals surface area contributed by atoms with Crippen LogP contribution in [0.5, 0.6) is 0 Å². The minimum atomic E-state index is -3.61. The van der Waals surface area contributed by atoms with Gasteiger partial charge in [0.05, 0.1) is 22.3 Å². The smallest absolute Gasteiger partial charge is 0.262 e. The van der Waals surface area contributed by atoms with Gasteiger partial charge in [-0.3, -0.25) is 9.36 Å². The Balaban J connectivity index is 1.80. The van der Waals surface area contributed by atoms with Crippen molar-refractivity contribution < 1.29 is 8.42 Å². The lowest BCUT2D eigenvalue weighted by atomic mass is 10.2. The number of aromatic amines is 1. The van der Waals surface area contributed by atoms with E-state index in [1.807, 2.05) is 6.07 Å². The molecule has 0 radical (unpaired) electrons. The van der Waals surface area contributed by atoms with Crippen molar-refractivity contribution in [2.45, 2.75) is 30.7 Å². The molecule has 2 aromatic carbocycles. The summed E-state index contributed by atoms with van der Waals surface area (Å²) in [6, 6.07) is 14.0. The van der Waals surface area contributed by atoms with Crippen LogP contribution >= 0.6 is 12.2 Å².